The van der Waals surface area contributed by atoms with Crippen LogP contribution in [0.2, 0.25) is 10.0 Å². The molecule has 42 heavy (non-hydrogen) atoms. The van der Waals surface area contributed by atoms with Crippen LogP contribution in [0.1, 0.15) is 64.3 Å². The minimum Gasteiger partial charge on any atom is -0.388 e. The van der Waals surface area contributed by atoms with E-state index in [0.29, 0.717) is 34.9 Å². The van der Waals surface area contributed by atoms with Crippen LogP contribution in [-0.2, 0) is 0 Å². The Balaban J connectivity index is 1.35. The van der Waals surface area contributed by atoms with Gasteiger partial charge in [-0.15, -0.1) is 0 Å². The number of benzene rings is 1. The molecule has 1 saturated carbocycles. The molecule has 6 rings (SSSR count). The number of rotatable bonds is 5. The molecule has 4 aromatic rings. The fraction of sp³-hybridized carbons (Fsp3) is 0.312. The Hall–Kier alpha value is -3.59. The van der Waals surface area contributed by atoms with E-state index >= 15 is 4.39 Å². The van der Waals surface area contributed by atoms with Gasteiger partial charge in [0.15, 0.2) is 0 Å². The fourth-order valence-electron chi connectivity index (χ4n) is 5.93. The highest BCUT2D eigenvalue weighted by molar-refractivity contribution is 6.31. The summed E-state index contributed by atoms with van der Waals surface area (Å²) < 4.78 is 17.3. The summed E-state index contributed by atoms with van der Waals surface area (Å²) in [6, 6.07) is 10.0. The Bertz CT molecular complexity index is 1810. The van der Waals surface area contributed by atoms with E-state index in [2.05, 4.69) is 9.97 Å². The predicted octanol–water partition coefficient (Wildman–Crippen LogP) is 6.23. The number of pyridine rings is 3. The second kappa shape index (κ2) is 10.6. The van der Waals surface area contributed by atoms with E-state index in [1.54, 1.807) is 43.7 Å². The minimum atomic E-state index is -0.994. The van der Waals surface area contributed by atoms with E-state index in [1.807, 2.05) is 26.0 Å². The summed E-state index contributed by atoms with van der Waals surface area (Å²) in [6.07, 6.45) is 6.22. The summed E-state index contributed by atoms with van der Waals surface area (Å²) in [4.78, 5) is 36.9. The number of hydrogen-bond donors (Lipinski definition) is 1. The van der Waals surface area contributed by atoms with Crippen molar-refractivity contribution in [1.29, 1.82) is 0 Å². The van der Waals surface area contributed by atoms with Gasteiger partial charge in [0.05, 0.1) is 27.6 Å². The van der Waals surface area contributed by atoms with Crippen LogP contribution >= 0.6 is 23.2 Å². The average molecular weight is 608 g/mol. The Kier molecular flexibility index (Phi) is 7.20. The number of likely N-dealkylation sites (tertiary alicyclic amines) is 1. The molecule has 0 spiro atoms. The molecular weight excluding hydrogens is 578 g/mol. The number of amides is 1. The largest absolute Gasteiger partial charge is 0.388 e. The third-order valence-corrected chi connectivity index (χ3v) is 8.85. The van der Waals surface area contributed by atoms with Gasteiger partial charge in [-0.1, -0.05) is 29.3 Å². The summed E-state index contributed by atoms with van der Waals surface area (Å²) in [5.74, 6) is -0.922. The second-order valence-corrected chi connectivity index (χ2v) is 12.4. The summed E-state index contributed by atoms with van der Waals surface area (Å²) >= 11 is 12.8. The average Bonchev–Trinajstić information content (AvgIpc) is 3.66. The van der Waals surface area contributed by atoms with Gasteiger partial charge < -0.3 is 10.0 Å². The topological polar surface area (TPSA) is 88.3 Å². The van der Waals surface area contributed by atoms with Crippen LogP contribution in [-0.4, -0.2) is 49.1 Å². The van der Waals surface area contributed by atoms with Gasteiger partial charge >= 0.3 is 0 Å². The number of aliphatic hydroxyl groups is 1. The highest BCUT2D eigenvalue weighted by Gasteiger charge is 2.42. The summed E-state index contributed by atoms with van der Waals surface area (Å²) in [5.41, 5.74) is 2.66. The number of hydrogen-bond acceptors (Lipinski definition) is 5. The molecule has 7 nitrogen and oxygen atoms in total. The van der Waals surface area contributed by atoms with Crippen molar-refractivity contribution in [2.24, 2.45) is 0 Å². The molecule has 0 radical (unpaired) electrons. The molecule has 2 aliphatic rings. The lowest BCUT2D eigenvalue weighted by atomic mass is 10.0. The molecular formula is C32H29Cl2FN4O3. The molecule has 1 saturated heterocycles. The smallest absolute Gasteiger partial charge is 0.274 e. The van der Waals surface area contributed by atoms with E-state index in [1.165, 1.54) is 15.5 Å². The van der Waals surface area contributed by atoms with Gasteiger partial charge in [0.25, 0.3) is 11.5 Å². The molecule has 3 aromatic heterocycles. The van der Waals surface area contributed by atoms with Crippen molar-refractivity contribution in [2.45, 2.75) is 51.0 Å². The van der Waals surface area contributed by atoms with Crippen LogP contribution in [0.15, 0.2) is 59.8 Å². The molecule has 10 heteroatoms. The lowest BCUT2D eigenvalue weighted by Crippen LogP contribution is -2.34. The first-order valence-electron chi connectivity index (χ1n) is 13.8. The minimum absolute atomic E-state index is 0.0848. The zero-order chi connectivity index (χ0) is 29.9. The molecule has 216 valence electrons. The van der Waals surface area contributed by atoms with E-state index in [-0.39, 0.29) is 45.8 Å². The maximum atomic E-state index is 15.8. The van der Waals surface area contributed by atoms with Gasteiger partial charge in [-0.2, -0.15) is 0 Å². The third-order valence-electron chi connectivity index (χ3n) is 8.27. The van der Waals surface area contributed by atoms with Crippen LogP contribution in [0, 0.1) is 19.7 Å². The van der Waals surface area contributed by atoms with Gasteiger partial charge in [0.2, 0.25) is 0 Å². The number of β-amino-alcohol motifs (C(OH)–C–C–N with tert-alkyl or cyclic N) is 1. The highest BCUT2D eigenvalue weighted by Crippen LogP contribution is 2.56. The van der Waals surface area contributed by atoms with E-state index in [9.17, 15) is 14.7 Å². The summed E-state index contributed by atoms with van der Waals surface area (Å²) in [7, 11) is 0. The van der Waals surface area contributed by atoms with Crippen LogP contribution in [0.3, 0.4) is 0 Å². The zero-order valence-corrected chi connectivity index (χ0v) is 24.9. The number of aryl methyl sites for hydroxylation is 2. The van der Waals surface area contributed by atoms with Gasteiger partial charge in [-0.25, -0.2) is 4.39 Å². The Labute approximate surface area is 252 Å². The van der Waals surface area contributed by atoms with Crippen molar-refractivity contribution in [3.63, 3.8) is 0 Å². The second-order valence-electron chi connectivity index (χ2n) is 11.6. The number of aromatic nitrogens is 3. The monoisotopic (exact) mass is 606 g/mol. The van der Waals surface area contributed by atoms with Crippen LogP contribution < -0.4 is 5.56 Å². The zero-order valence-electron chi connectivity index (χ0n) is 23.4. The fourth-order valence-corrected chi connectivity index (χ4v) is 6.39. The number of carbonyl (C=O) groups is 1. The van der Waals surface area contributed by atoms with Crippen molar-refractivity contribution >= 4 is 29.1 Å². The summed E-state index contributed by atoms with van der Waals surface area (Å²) in [6.45, 7) is 5.80. The quantitative estimate of drug-likeness (QED) is 0.291. The number of nitrogens with zero attached hydrogens (tertiary/aromatic N) is 4. The maximum absolute atomic E-state index is 15.8. The molecule has 1 aliphatic heterocycles. The first-order valence-corrected chi connectivity index (χ1v) is 14.5. The van der Waals surface area contributed by atoms with Crippen molar-refractivity contribution in [1.82, 2.24) is 19.4 Å². The van der Waals surface area contributed by atoms with Crippen LogP contribution in [0.25, 0.3) is 16.9 Å². The molecule has 3 atom stereocenters. The van der Waals surface area contributed by atoms with Crippen molar-refractivity contribution in [3.8, 4) is 16.9 Å². The van der Waals surface area contributed by atoms with Crippen molar-refractivity contribution in [2.75, 3.05) is 13.1 Å². The van der Waals surface area contributed by atoms with Crippen molar-refractivity contribution in [3.05, 3.63) is 109 Å². The molecule has 1 aliphatic carbocycles. The molecule has 4 heterocycles. The highest BCUT2D eigenvalue weighted by atomic mass is 35.5. The first kappa shape index (κ1) is 28.5. The molecule has 1 amide bonds. The molecule has 1 N–H and O–H groups in total. The van der Waals surface area contributed by atoms with Gasteiger partial charge in [-0.3, -0.25) is 24.1 Å². The van der Waals surface area contributed by atoms with E-state index in [4.69, 9.17) is 23.2 Å². The van der Waals surface area contributed by atoms with Crippen LogP contribution in [0.5, 0.6) is 0 Å². The SMILES string of the molecule is Cc1cnc(-c2cccc(C(=O)N3CC[C@](C)(O)C3)c2F)cc1-n1c(C)cc([C@@H]2CC2c2cncc(Cl)c2)c(Cl)c1=O. The number of carbonyl (C=O) groups excluding carboxylic acids is 1. The van der Waals surface area contributed by atoms with E-state index < -0.39 is 17.3 Å². The normalized spacial score (nSPS) is 21.5. The molecule has 1 unspecified atom stereocenters. The standard InChI is InChI=1S/C32H29Cl2FN4O3/c1-17-13-37-26(21-5-4-6-22(29(21)35)30(40)38-8-7-32(3,42)16-38)12-27(17)39-18(2)9-25(28(34)31(39)41)24-11-23(24)19-10-20(33)15-36-14-19/h4-6,9-10,12-15,23-24,42H,7-8,11,16H2,1-3H3/t23?,24-,32+/m1/s1. The Morgan fingerprint density at radius 1 is 1.12 bits per heavy atom. The van der Waals surface area contributed by atoms with Crippen molar-refractivity contribution < 1.29 is 14.3 Å². The lowest BCUT2D eigenvalue weighted by molar-refractivity contribution is 0.0569. The summed E-state index contributed by atoms with van der Waals surface area (Å²) in [5, 5.41) is 11.0. The Morgan fingerprint density at radius 2 is 1.90 bits per heavy atom. The molecule has 0 bridgehead atoms. The Morgan fingerprint density at radius 3 is 2.62 bits per heavy atom. The van der Waals surface area contributed by atoms with Gasteiger partial charge in [-0.05, 0) is 92.5 Å². The molecule has 2 fully saturated rings. The lowest BCUT2D eigenvalue weighted by Gasteiger charge is -2.20. The molecule has 1 aromatic carbocycles. The third kappa shape index (κ3) is 5.12. The maximum Gasteiger partial charge on any atom is 0.274 e. The van der Waals surface area contributed by atoms with Gasteiger partial charge in [0.1, 0.15) is 10.8 Å². The number of halogens is 3. The van der Waals surface area contributed by atoms with Crippen LogP contribution in [0.4, 0.5) is 4.39 Å². The van der Waals surface area contributed by atoms with Gasteiger partial charge in [0, 0.05) is 42.9 Å². The predicted molar refractivity (Wildman–Crippen MR) is 160 cm³/mol. The van der Waals surface area contributed by atoms with E-state index in [0.717, 1.165) is 17.5 Å². The first-order chi connectivity index (χ1) is 19.9.